The third-order valence-electron chi connectivity index (χ3n) is 3.73. The first-order chi connectivity index (χ1) is 10.7. The van der Waals surface area contributed by atoms with E-state index in [9.17, 15) is 0 Å². The highest BCUT2D eigenvalue weighted by molar-refractivity contribution is 6.35. The summed E-state index contributed by atoms with van der Waals surface area (Å²) in [7, 11) is 0. The molecule has 0 unspecified atom stereocenters. The van der Waals surface area contributed by atoms with Gasteiger partial charge in [0.2, 0.25) is 0 Å². The summed E-state index contributed by atoms with van der Waals surface area (Å²) < 4.78 is 0. The Morgan fingerprint density at radius 1 is 1.09 bits per heavy atom. The molecule has 0 N–H and O–H groups in total. The largest absolute Gasteiger partial charge is 0.371 e. The van der Waals surface area contributed by atoms with Gasteiger partial charge in [-0.15, -0.1) is 5.11 Å². The van der Waals surface area contributed by atoms with E-state index in [2.05, 4.69) is 34.2 Å². The molecular formula is C17H17Cl2N3. The van der Waals surface area contributed by atoms with Crippen LogP contribution in [0.5, 0.6) is 0 Å². The lowest BCUT2D eigenvalue weighted by Gasteiger charge is -2.17. The molecule has 3 rings (SSSR count). The standard InChI is InChI=1S/C17H17Cl2N3/c1-2-8-22-9-7-12-10-14(4-6-17(12)22)20-21-16-11-13(18)3-5-15(16)19/h3-6,10-11H,2,7-9H2,1H3. The van der Waals surface area contributed by atoms with Crippen LogP contribution in [-0.4, -0.2) is 13.1 Å². The highest BCUT2D eigenvalue weighted by Crippen LogP contribution is 2.33. The second-order valence-electron chi connectivity index (χ2n) is 5.35. The average Bonchev–Trinajstić information content (AvgIpc) is 2.91. The van der Waals surface area contributed by atoms with Crippen LogP contribution in [0.15, 0.2) is 46.6 Å². The minimum Gasteiger partial charge on any atom is -0.371 e. The number of hydrogen-bond acceptors (Lipinski definition) is 3. The van der Waals surface area contributed by atoms with Crippen LogP contribution in [0.4, 0.5) is 17.1 Å². The van der Waals surface area contributed by atoms with Crippen LogP contribution in [0.3, 0.4) is 0 Å². The zero-order chi connectivity index (χ0) is 15.5. The first-order valence-electron chi connectivity index (χ1n) is 7.42. The van der Waals surface area contributed by atoms with Crippen LogP contribution >= 0.6 is 23.2 Å². The number of anilines is 1. The van der Waals surface area contributed by atoms with Crippen molar-refractivity contribution in [2.45, 2.75) is 19.8 Å². The fourth-order valence-electron chi connectivity index (χ4n) is 2.69. The van der Waals surface area contributed by atoms with Crippen molar-refractivity contribution >= 4 is 40.3 Å². The van der Waals surface area contributed by atoms with E-state index in [0.717, 1.165) is 31.6 Å². The second kappa shape index (κ2) is 6.67. The number of benzene rings is 2. The molecule has 0 bridgehead atoms. The quantitative estimate of drug-likeness (QED) is 0.613. The molecule has 114 valence electrons. The van der Waals surface area contributed by atoms with Gasteiger partial charge in [-0.05, 0) is 54.8 Å². The Morgan fingerprint density at radius 3 is 2.77 bits per heavy atom. The van der Waals surface area contributed by atoms with Crippen molar-refractivity contribution in [1.82, 2.24) is 0 Å². The Bertz CT molecular complexity index is 713. The summed E-state index contributed by atoms with van der Waals surface area (Å²) in [6.07, 6.45) is 2.23. The van der Waals surface area contributed by atoms with Crippen molar-refractivity contribution in [2.75, 3.05) is 18.0 Å². The van der Waals surface area contributed by atoms with Crippen LogP contribution in [0.2, 0.25) is 10.0 Å². The molecular weight excluding hydrogens is 317 g/mol. The number of rotatable bonds is 4. The molecule has 0 amide bonds. The lowest BCUT2D eigenvalue weighted by atomic mass is 10.1. The highest BCUT2D eigenvalue weighted by Gasteiger charge is 2.18. The van der Waals surface area contributed by atoms with Gasteiger partial charge in [0.25, 0.3) is 0 Å². The first kappa shape index (κ1) is 15.3. The summed E-state index contributed by atoms with van der Waals surface area (Å²) in [6, 6.07) is 11.4. The smallest absolute Gasteiger partial charge is 0.106 e. The van der Waals surface area contributed by atoms with Gasteiger partial charge in [0.05, 0.1) is 10.7 Å². The molecule has 22 heavy (non-hydrogen) atoms. The molecule has 0 aromatic heterocycles. The zero-order valence-electron chi connectivity index (χ0n) is 12.4. The van der Waals surface area contributed by atoms with Crippen molar-refractivity contribution in [2.24, 2.45) is 10.2 Å². The Hall–Kier alpha value is -1.58. The Kier molecular flexibility index (Phi) is 4.65. The lowest BCUT2D eigenvalue weighted by molar-refractivity contribution is 0.796. The minimum absolute atomic E-state index is 0.545. The van der Waals surface area contributed by atoms with Crippen molar-refractivity contribution in [3.05, 3.63) is 52.0 Å². The number of hydrogen-bond donors (Lipinski definition) is 0. The summed E-state index contributed by atoms with van der Waals surface area (Å²) in [6.45, 7) is 4.39. The van der Waals surface area contributed by atoms with Gasteiger partial charge < -0.3 is 4.90 Å². The highest BCUT2D eigenvalue weighted by atomic mass is 35.5. The molecule has 1 aliphatic rings. The van der Waals surface area contributed by atoms with Crippen LogP contribution in [-0.2, 0) is 6.42 Å². The van der Waals surface area contributed by atoms with Crippen molar-refractivity contribution < 1.29 is 0 Å². The maximum atomic E-state index is 6.09. The number of fused-ring (bicyclic) bond motifs is 1. The molecule has 0 saturated carbocycles. The third kappa shape index (κ3) is 3.26. The van der Waals surface area contributed by atoms with E-state index in [1.54, 1.807) is 18.2 Å². The molecule has 2 aromatic carbocycles. The van der Waals surface area contributed by atoms with E-state index < -0.39 is 0 Å². The Morgan fingerprint density at radius 2 is 1.95 bits per heavy atom. The predicted molar refractivity (Wildman–Crippen MR) is 93.3 cm³/mol. The molecule has 3 nitrogen and oxygen atoms in total. The van der Waals surface area contributed by atoms with E-state index in [0.29, 0.717) is 15.7 Å². The normalized spacial score (nSPS) is 13.9. The Labute approximate surface area is 140 Å². The van der Waals surface area contributed by atoms with E-state index in [4.69, 9.17) is 23.2 Å². The van der Waals surface area contributed by atoms with Gasteiger partial charge in [-0.2, -0.15) is 5.11 Å². The summed E-state index contributed by atoms with van der Waals surface area (Å²) in [5.74, 6) is 0. The molecule has 0 spiro atoms. The van der Waals surface area contributed by atoms with Crippen LogP contribution in [0.1, 0.15) is 18.9 Å². The van der Waals surface area contributed by atoms with Gasteiger partial charge in [0.1, 0.15) is 5.69 Å². The van der Waals surface area contributed by atoms with E-state index in [1.807, 2.05) is 6.07 Å². The van der Waals surface area contributed by atoms with Gasteiger partial charge >= 0.3 is 0 Å². The van der Waals surface area contributed by atoms with E-state index in [1.165, 1.54) is 11.3 Å². The topological polar surface area (TPSA) is 28.0 Å². The first-order valence-corrected chi connectivity index (χ1v) is 8.17. The number of nitrogens with zero attached hydrogens (tertiary/aromatic N) is 3. The monoisotopic (exact) mass is 333 g/mol. The van der Waals surface area contributed by atoms with Gasteiger partial charge in [-0.1, -0.05) is 30.1 Å². The Balaban J connectivity index is 1.82. The van der Waals surface area contributed by atoms with Crippen molar-refractivity contribution in [3.8, 4) is 0 Å². The zero-order valence-corrected chi connectivity index (χ0v) is 13.9. The maximum Gasteiger partial charge on any atom is 0.106 e. The molecule has 0 fully saturated rings. The fourth-order valence-corrected chi connectivity index (χ4v) is 3.02. The van der Waals surface area contributed by atoms with Crippen LogP contribution in [0, 0.1) is 0 Å². The second-order valence-corrected chi connectivity index (χ2v) is 6.19. The van der Waals surface area contributed by atoms with Gasteiger partial charge in [0.15, 0.2) is 0 Å². The number of halogens is 2. The molecule has 2 aromatic rings. The fraction of sp³-hybridized carbons (Fsp3) is 0.294. The predicted octanol–water partition coefficient (Wildman–Crippen LogP) is 6.18. The SMILES string of the molecule is CCCN1CCc2cc(N=Nc3cc(Cl)ccc3Cl)ccc21. The molecule has 0 saturated heterocycles. The molecule has 5 heteroatoms. The average molecular weight is 334 g/mol. The molecule has 0 aliphatic carbocycles. The molecule has 1 heterocycles. The maximum absolute atomic E-state index is 6.09. The lowest BCUT2D eigenvalue weighted by Crippen LogP contribution is -2.20. The van der Waals surface area contributed by atoms with Gasteiger partial charge in [-0.3, -0.25) is 0 Å². The van der Waals surface area contributed by atoms with Crippen LogP contribution < -0.4 is 4.90 Å². The van der Waals surface area contributed by atoms with E-state index in [-0.39, 0.29) is 0 Å². The van der Waals surface area contributed by atoms with Gasteiger partial charge in [0, 0.05) is 23.8 Å². The molecule has 0 radical (unpaired) electrons. The van der Waals surface area contributed by atoms with E-state index >= 15 is 0 Å². The summed E-state index contributed by atoms with van der Waals surface area (Å²) in [5.41, 5.74) is 4.08. The minimum atomic E-state index is 0.545. The van der Waals surface area contributed by atoms with Crippen molar-refractivity contribution in [3.63, 3.8) is 0 Å². The third-order valence-corrected chi connectivity index (χ3v) is 4.28. The summed E-state index contributed by atoms with van der Waals surface area (Å²) in [5, 5.41) is 9.65. The molecule has 0 atom stereocenters. The van der Waals surface area contributed by atoms with Gasteiger partial charge in [-0.25, -0.2) is 0 Å². The van der Waals surface area contributed by atoms with Crippen LogP contribution in [0.25, 0.3) is 0 Å². The molecule has 1 aliphatic heterocycles. The van der Waals surface area contributed by atoms with Crippen molar-refractivity contribution in [1.29, 1.82) is 0 Å². The number of azo groups is 1. The summed E-state index contributed by atoms with van der Waals surface area (Å²) >= 11 is 12.0. The summed E-state index contributed by atoms with van der Waals surface area (Å²) in [4.78, 5) is 2.42.